The lowest BCUT2D eigenvalue weighted by Gasteiger charge is -2.31. The first kappa shape index (κ1) is 19.4. The minimum Gasteiger partial charge on any atom is -0.504 e. The van der Waals surface area contributed by atoms with Crippen LogP contribution in [-0.2, 0) is 0 Å². The van der Waals surface area contributed by atoms with Gasteiger partial charge >= 0.3 is 0 Å². The van der Waals surface area contributed by atoms with Gasteiger partial charge in [-0.05, 0) is 55.5 Å². The molecule has 3 rings (SSSR count). The number of hydrogen-bond donors (Lipinski definition) is 2. The second kappa shape index (κ2) is 8.57. The maximum absolute atomic E-state index is 12.8. The van der Waals surface area contributed by atoms with Gasteiger partial charge < -0.3 is 15.3 Å². The molecule has 0 atom stereocenters. The zero-order valence-electron chi connectivity index (χ0n) is 16.5. The standard InChI is InChI=1S/C21H30N4O2/c1-4-22-13-16-9-11-24(12-10-16)21(27)20-19(26)14-25(23-20)18-7-5-17(6-8-18)15(2)3/h5-8,14-16,22,26H,4,9-13H2,1-3H3. The van der Waals surface area contributed by atoms with Crippen LogP contribution < -0.4 is 5.32 Å². The Morgan fingerprint density at radius 1 is 1.26 bits per heavy atom. The first-order valence-corrected chi connectivity index (χ1v) is 9.88. The number of nitrogens with zero attached hydrogens (tertiary/aromatic N) is 3. The molecule has 1 aliphatic rings. The molecule has 6 nitrogen and oxygen atoms in total. The van der Waals surface area contributed by atoms with Crippen molar-refractivity contribution >= 4 is 5.91 Å². The fraction of sp³-hybridized carbons (Fsp3) is 0.524. The van der Waals surface area contributed by atoms with Crippen LogP contribution in [0.15, 0.2) is 30.5 Å². The van der Waals surface area contributed by atoms with Crippen molar-refractivity contribution in [2.75, 3.05) is 26.2 Å². The minimum absolute atomic E-state index is 0.0669. The van der Waals surface area contributed by atoms with Gasteiger partial charge in [-0.2, -0.15) is 5.10 Å². The van der Waals surface area contributed by atoms with Crippen LogP contribution in [0.25, 0.3) is 5.69 Å². The predicted octanol–water partition coefficient (Wildman–Crippen LogP) is 3.16. The van der Waals surface area contributed by atoms with Crippen molar-refractivity contribution in [1.82, 2.24) is 20.0 Å². The van der Waals surface area contributed by atoms with Gasteiger partial charge in [0, 0.05) is 13.1 Å². The van der Waals surface area contributed by atoms with Crippen molar-refractivity contribution in [2.45, 2.75) is 39.5 Å². The van der Waals surface area contributed by atoms with Crippen molar-refractivity contribution in [2.24, 2.45) is 5.92 Å². The lowest BCUT2D eigenvalue weighted by atomic mass is 9.96. The van der Waals surface area contributed by atoms with Gasteiger partial charge in [0.15, 0.2) is 11.4 Å². The monoisotopic (exact) mass is 370 g/mol. The lowest BCUT2D eigenvalue weighted by Crippen LogP contribution is -2.41. The van der Waals surface area contributed by atoms with Crippen LogP contribution in [0.1, 0.15) is 55.6 Å². The Labute approximate surface area is 161 Å². The summed E-state index contributed by atoms with van der Waals surface area (Å²) in [5.74, 6) is 0.812. The average molecular weight is 370 g/mol. The number of carbonyl (C=O) groups excluding carboxylic acids is 1. The molecule has 1 aromatic carbocycles. The Morgan fingerprint density at radius 3 is 2.52 bits per heavy atom. The molecule has 1 fully saturated rings. The third kappa shape index (κ3) is 4.50. The highest BCUT2D eigenvalue weighted by Gasteiger charge is 2.27. The molecule has 27 heavy (non-hydrogen) atoms. The maximum atomic E-state index is 12.8. The van der Waals surface area contributed by atoms with Gasteiger partial charge in [0.25, 0.3) is 5.91 Å². The number of likely N-dealkylation sites (tertiary alicyclic amines) is 1. The Bertz CT molecular complexity index is 759. The molecule has 146 valence electrons. The number of rotatable bonds is 6. The molecular weight excluding hydrogens is 340 g/mol. The summed E-state index contributed by atoms with van der Waals surface area (Å²) in [5.41, 5.74) is 2.21. The molecule has 2 N–H and O–H groups in total. The van der Waals surface area contributed by atoms with Crippen LogP contribution in [-0.4, -0.2) is 51.9 Å². The van der Waals surface area contributed by atoms with Crippen molar-refractivity contribution in [1.29, 1.82) is 0 Å². The van der Waals surface area contributed by atoms with Crippen LogP contribution in [0.5, 0.6) is 5.75 Å². The highest BCUT2D eigenvalue weighted by atomic mass is 16.3. The van der Waals surface area contributed by atoms with E-state index in [0.29, 0.717) is 24.9 Å². The topological polar surface area (TPSA) is 70.4 Å². The molecule has 2 aromatic rings. The number of piperidine rings is 1. The van der Waals surface area contributed by atoms with Crippen LogP contribution in [0.3, 0.4) is 0 Å². The fourth-order valence-electron chi connectivity index (χ4n) is 3.50. The average Bonchev–Trinajstić information content (AvgIpc) is 3.08. The summed E-state index contributed by atoms with van der Waals surface area (Å²) in [5, 5.41) is 18.0. The summed E-state index contributed by atoms with van der Waals surface area (Å²) in [6.07, 6.45) is 3.48. The Balaban J connectivity index is 1.68. The summed E-state index contributed by atoms with van der Waals surface area (Å²) in [7, 11) is 0. The van der Waals surface area contributed by atoms with E-state index in [1.165, 1.54) is 11.8 Å². The van der Waals surface area contributed by atoms with E-state index >= 15 is 0 Å². The van der Waals surface area contributed by atoms with Gasteiger partial charge in [0.1, 0.15) is 0 Å². The Morgan fingerprint density at radius 2 is 1.93 bits per heavy atom. The molecule has 1 saturated heterocycles. The third-order valence-electron chi connectivity index (χ3n) is 5.31. The number of nitrogens with one attached hydrogen (secondary N) is 1. The SMILES string of the molecule is CCNCC1CCN(C(=O)c2nn(-c3ccc(C(C)C)cc3)cc2O)CC1. The van der Waals surface area contributed by atoms with E-state index in [0.717, 1.165) is 31.6 Å². The Kier molecular flexibility index (Phi) is 6.16. The van der Waals surface area contributed by atoms with Gasteiger partial charge in [-0.25, -0.2) is 4.68 Å². The molecule has 1 aliphatic heterocycles. The molecular formula is C21H30N4O2. The molecule has 0 radical (unpaired) electrons. The van der Waals surface area contributed by atoms with Crippen molar-refractivity contribution in [3.8, 4) is 11.4 Å². The lowest BCUT2D eigenvalue weighted by molar-refractivity contribution is 0.0681. The van der Waals surface area contributed by atoms with E-state index in [1.54, 1.807) is 9.58 Å². The normalized spacial score (nSPS) is 15.5. The fourth-order valence-corrected chi connectivity index (χ4v) is 3.50. The first-order valence-electron chi connectivity index (χ1n) is 9.88. The number of hydrogen-bond acceptors (Lipinski definition) is 4. The van der Waals surface area contributed by atoms with Gasteiger partial charge in [0.2, 0.25) is 0 Å². The van der Waals surface area contributed by atoms with Crippen LogP contribution in [0, 0.1) is 5.92 Å². The van der Waals surface area contributed by atoms with Crippen LogP contribution in [0.2, 0.25) is 0 Å². The van der Waals surface area contributed by atoms with Crippen LogP contribution in [0.4, 0.5) is 0 Å². The molecule has 6 heteroatoms. The number of benzene rings is 1. The molecule has 0 unspecified atom stereocenters. The van der Waals surface area contributed by atoms with E-state index in [-0.39, 0.29) is 17.4 Å². The number of aromatic hydroxyl groups is 1. The number of amides is 1. The van der Waals surface area contributed by atoms with Gasteiger partial charge in [0.05, 0.1) is 11.9 Å². The largest absolute Gasteiger partial charge is 0.504 e. The highest BCUT2D eigenvalue weighted by molar-refractivity contribution is 5.94. The third-order valence-corrected chi connectivity index (χ3v) is 5.31. The quantitative estimate of drug-likeness (QED) is 0.819. The summed E-state index contributed by atoms with van der Waals surface area (Å²) in [6.45, 7) is 9.80. The summed E-state index contributed by atoms with van der Waals surface area (Å²) in [6, 6.07) is 8.02. The zero-order valence-corrected chi connectivity index (χ0v) is 16.5. The van der Waals surface area contributed by atoms with Gasteiger partial charge in [-0.1, -0.05) is 32.9 Å². The minimum atomic E-state index is -0.188. The molecule has 0 saturated carbocycles. The molecule has 1 aromatic heterocycles. The van der Waals surface area contributed by atoms with E-state index in [9.17, 15) is 9.90 Å². The summed E-state index contributed by atoms with van der Waals surface area (Å²) in [4.78, 5) is 14.6. The number of carbonyl (C=O) groups is 1. The zero-order chi connectivity index (χ0) is 19.4. The summed E-state index contributed by atoms with van der Waals surface area (Å²) >= 11 is 0. The molecule has 0 bridgehead atoms. The van der Waals surface area contributed by atoms with E-state index in [1.807, 2.05) is 12.1 Å². The van der Waals surface area contributed by atoms with E-state index in [4.69, 9.17) is 0 Å². The van der Waals surface area contributed by atoms with Crippen molar-refractivity contribution in [3.63, 3.8) is 0 Å². The number of aromatic nitrogens is 2. The second-order valence-corrected chi connectivity index (χ2v) is 7.60. The smallest absolute Gasteiger partial charge is 0.278 e. The van der Waals surface area contributed by atoms with Gasteiger partial charge in [-0.15, -0.1) is 0 Å². The van der Waals surface area contributed by atoms with E-state index < -0.39 is 0 Å². The summed E-state index contributed by atoms with van der Waals surface area (Å²) < 4.78 is 1.57. The molecule has 2 heterocycles. The molecule has 1 amide bonds. The maximum Gasteiger partial charge on any atom is 0.278 e. The van der Waals surface area contributed by atoms with Crippen molar-refractivity contribution in [3.05, 3.63) is 41.7 Å². The van der Waals surface area contributed by atoms with Crippen molar-refractivity contribution < 1.29 is 9.90 Å². The van der Waals surface area contributed by atoms with Gasteiger partial charge in [-0.3, -0.25) is 4.79 Å². The van der Waals surface area contributed by atoms with E-state index in [2.05, 4.69) is 43.3 Å². The predicted molar refractivity (Wildman–Crippen MR) is 106 cm³/mol. The first-order chi connectivity index (χ1) is 13.0. The van der Waals surface area contributed by atoms with Crippen LogP contribution >= 0.6 is 0 Å². The molecule has 0 spiro atoms. The highest BCUT2D eigenvalue weighted by Crippen LogP contribution is 2.24. The molecule has 0 aliphatic carbocycles. The second-order valence-electron chi connectivity index (χ2n) is 7.60. The Hall–Kier alpha value is -2.34.